The number of amides is 1. The molecular formula is C17H16N4O2S. The Bertz CT molecular complexity index is 833. The number of anilines is 1. The van der Waals surface area contributed by atoms with Gasteiger partial charge in [-0.2, -0.15) is 0 Å². The van der Waals surface area contributed by atoms with Crippen LogP contribution in [0.2, 0.25) is 0 Å². The lowest BCUT2D eigenvalue weighted by Gasteiger charge is -2.14. The number of hydrogen-bond acceptors (Lipinski definition) is 6. The summed E-state index contributed by atoms with van der Waals surface area (Å²) in [5.41, 5.74) is 0.934. The first kappa shape index (κ1) is 16.1. The predicted octanol–water partition coefficient (Wildman–Crippen LogP) is 3.64. The highest BCUT2D eigenvalue weighted by molar-refractivity contribution is 7.13. The molecule has 0 radical (unpaired) electrons. The maximum atomic E-state index is 12.4. The van der Waals surface area contributed by atoms with Crippen LogP contribution in [-0.4, -0.2) is 27.0 Å². The highest BCUT2D eigenvalue weighted by Gasteiger charge is 2.15. The normalized spacial score (nSPS) is 10.6. The van der Waals surface area contributed by atoms with Crippen LogP contribution >= 0.6 is 11.3 Å². The zero-order valence-electron chi connectivity index (χ0n) is 13.3. The predicted molar refractivity (Wildman–Crippen MR) is 93.3 cm³/mol. The summed E-state index contributed by atoms with van der Waals surface area (Å²) < 4.78 is 5.70. The molecule has 0 aliphatic rings. The Hall–Kier alpha value is -2.80. The van der Waals surface area contributed by atoms with E-state index in [1.54, 1.807) is 29.9 Å². The van der Waals surface area contributed by atoms with Crippen molar-refractivity contribution in [2.24, 2.45) is 0 Å². The van der Waals surface area contributed by atoms with Crippen molar-refractivity contribution in [3.05, 3.63) is 53.8 Å². The molecule has 0 saturated heterocycles. The van der Waals surface area contributed by atoms with Crippen LogP contribution in [0.5, 0.6) is 5.75 Å². The molecule has 122 valence electrons. The summed E-state index contributed by atoms with van der Waals surface area (Å²) in [4.78, 5) is 25.0. The number of thiazole rings is 1. The number of hydrogen-bond donors (Lipinski definition) is 1. The molecule has 3 aromatic rings. The minimum absolute atomic E-state index is 0.0177. The number of para-hydroxylation sites is 2. The molecule has 0 unspecified atom stereocenters. The maximum Gasteiger partial charge on any atom is 0.275 e. The van der Waals surface area contributed by atoms with Gasteiger partial charge in [-0.1, -0.05) is 12.1 Å². The van der Waals surface area contributed by atoms with Crippen LogP contribution in [0.4, 0.5) is 5.69 Å². The van der Waals surface area contributed by atoms with E-state index in [0.717, 1.165) is 0 Å². The quantitative estimate of drug-likeness (QED) is 0.767. The lowest BCUT2D eigenvalue weighted by molar-refractivity contribution is 0.102. The van der Waals surface area contributed by atoms with Crippen molar-refractivity contribution in [1.29, 1.82) is 0 Å². The third kappa shape index (κ3) is 3.75. The molecule has 2 heterocycles. The van der Waals surface area contributed by atoms with Crippen molar-refractivity contribution in [3.63, 3.8) is 0 Å². The van der Waals surface area contributed by atoms with E-state index < -0.39 is 0 Å². The van der Waals surface area contributed by atoms with Crippen LogP contribution in [0.1, 0.15) is 24.3 Å². The molecule has 24 heavy (non-hydrogen) atoms. The van der Waals surface area contributed by atoms with Crippen LogP contribution in [0.25, 0.3) is 10.8 Å². The second-order valence-corrected chi connectivity index (χ2v) is 6.09. The molecule has 6 nitrogen and oxygen atoms in total. The number of benzene rings is 1. The van der Waals surface area contributed by atoms with E-state index in [4.69, 9.17) is 4.74 Å². The molecule has 0 fully saturated rings. The summed E-state index contributed by atoms with van der Waals surface area (Å²) in [5, 5.41) is 5.13. The van der Waals surface area contributed by atoms with E-state index in [9.17, 15) is 4.79 Å². The zero-order valence-corrected chi connectivity index (χ0v) is 14.1. The highest BCUT2D eigenvalue weighted by Crippen LogP contribution is 2.26. The van der Waals surface area contributed by atoms with Gasteiger partial charge >= 0.3 is 0 Å². The second-order valence-electron chi connectivity index (χ2n) is 5.23. The van der Waals surface area contributed by atoms with Gasteiger partial charge in [0.1, 0.15) is 11.4 Å². The van der Waals surface area contributed by atoms with E-state index in [-0.39, 0.29) is 12.0 Å². The van der Waals surface area contributed by atoms with Gasteiger partial charge in [-0.3, -0.25) is 4.79 Å². The Morgan fingerprint density at radius 3 is 2.67 bits per heavy atom. The number of carbonyl (C=O) groups is 1. The molecule has 3 rings (SSSR count). The Morgan fingerprint density at radius 2 is 1.92 bits per heavy atom. The molecule has 0 atom stereocenters. The number of ether oxygens (including phenoxy) is 1. The Morgan fingerprint density at radius 1 is 1.17 bits per heavy atom. The van der Waals surface area contributed by atoms with Gasteiger partial charge in [-0.25, -0.2) is 15.0 Å². The number of nitrogens with zero attached hydrogens (tertiary/aromatic N) is 3. The topological polar surface area (TPSA) is 77.0 Å². The minimum atomic E-state index is -0.298. The summed E-state index contributed by atoms with van der Waals surface area (Å²) in [6.45, 7) is 3.87. The fraction of sp³-hybridized carbons (Fsp3) is 0.176. The summed E-state index contributed by atoms with van der Waals surface area (Å²) in [5.74, 6) is 0.834. The molecule has 0 spiro atoms. The van der Waals surface area contributed by atoms with Crippen molar-refractivity contribution in [2.75, 3.05) is 5.32 Å². The van der Waals surface area contributed by atoms with Crippen molar-refractivity contribution in [3.8, 4) is 16.6 Å². The second kappa shape index (κ2) is 7.18. The van der Waals surface area contributed by atoms with Crippen LogP contribution in [-0.2, 0) is 0 Å². The van der Waals surface area contributed by atoms with Gasteiger partial charge < -0.3 is 10.1 Å². The van der Waals surface area contributed by atoms with Gasteiger partial charge in [0.25, 0.3) is 5.91 Å². The van der Waals surface area contributed by atoms with Crippen molar-refractivity contribution in [2.45, 2.75) is 20.0 Å². The van der Waals surface area contributed by atoms with Gasteiger partial charge in [0.05, 0.1) is 11.8 Å². The third-order valence-electron chi connectivity index (χ3n) is 2.99. The SMILES string of the molecule is CC(C)Oc1ccccc1NC(=O)c1csc(-c2ncccn2)n1. The van der Waals surface area contributed by atoms with Gasteiger partial charge in [-0.05, 0) is 32.0 Å². The van der Waals surface area contributed by atoms with Gasteiger partial charge in [-0.15, -0.1) is 11.3 Å². The Balaban J connectivity index is 1.78. The van der Waals surface area contributed by atoms with E-state index in [2.05, 4.69) is 20.3 Å². The lowest BCUT2D eigenvalue weighted by Crippen LogP contribution is -2.14. The molecular weight excluding hydrogens is 324 g/mol. The average Bonchev–Trinajstić information content (AvgIpc) is 3.07. The minimum Gasteiger partial charge on any atom is -0.489 e. The molecule has 0 saturated carbocycles. The fourth-order valence-electron chi connectivity index (χ4n) is 2.00. The Labute approximate surface area is 143 Å². The standard InChI is InChI=1S/C17H16N4O2S/c1-11(2)23-14-7-4-3-6-12(14)20-16(22)13-10-24-17(21-13)15-18-8-5-9-19-15/h3-11H,1-2H3,(H,20,22). The first-order valence-electron chi connectivity index (χ1n) is 7.43. The molecule has 1 N–H and O–H groups in total. The lowest BCUT2D eigenvalue weighted by atomic mass is 10.2. The molecule has 0 aliphatic heterocycles. The Kier molecular flexibility index (Phi) is 4.81. The van der Waals surface area contributed by atoms with Crippen LogP contribution < -0.4 is 10.1 Å². The van der Waals surface area contributed by atoms with E-state index in [1.165, 1.54) is 11.3 Å². The largest absolute Gasteiger partial charge is 0.489 e. The van der Waals surface area contributed by atoms with Gasteiger partial charge in [0.15, 0.2) is 10.8 Å². The van der Waals surface area contributed by atoms with Crippen molar-refractivity contribution in [1.82, 2.24) is 15.0 Å². The van der Waals surface area contributed by atoms with Crippen LogP contribution in [0.15, 0.2) is 48.1 Å². The molecule has 2 aromatic heterocycles. The number of aromatic nitrogens is 3. The first-order chi connectivity index (χ1) is 11.6. The molecule has 0 aliphatic carbocycles. The fourth-order valence-corrected chi connectivity index (χ4v) is 2.75. The van der Waals surface area contributed by atoms with Crippen molar-refractivity contribution < 1.29 is 9.53 Å². The van der Waals surface area contributed by atoms with Gasteiger partial charge in [0.2, 0.25) is 0 Å². The molecule has 1 aromatic carbocycles. The van der Waals surface area contributed by atoms with Crippen LogP contribution in [0, 0.1) is 0 Å². The molecule has 0 bridgehead atoms. The number of carbonyl (C=O) groups excluding carboxylic acids is 1. The van der Waals surface area contributed by atoms with Crippen LogP contribution in [0.3, 0.4) is 0 Å². The maximum absolute atomic E-state index is 12.4. The molecule has 7 heteroatoms. The third-order valence-corrected chi connectivity index (χ3v) is 3.83. The summed E-state index contributed by atoms with van der Waals surface area (Å²) in [6, 6.07) is 9.05. The van der Waals surface area contributed by atoms with Crippen molar-refractivity contribution >= 4 is 22.9 Å². The number of nitrogens with one attached hydrogen (secondary N) is 1. The first-order valence-corrected chi connectivity index (χ1v) is 8.31. The van der Waals surface area contributed by atoms with E-state index in [0.29, 0.717) is 28.0 Å². The van der Waals surface area contributed by atoms with E-state index in [1.807, 2.05) is 32.0 Å². The summed E-state index contributed by atoms with van der Waals surface area (Å²) >= 11 is 1.33. The smallest absolute Gasteiger partial charge is 0.275 e. The molecule has 1 amide bonds. The summed E-state index contributed by atoms with van der Waals surface area (Å²) in [6.07, 6.45) is 3.30. The zero-order chi connectivity index (χ0) is 16.9. The average molecular weight is 340 g/mol. The van der Waals surface area contributed by atoms with E-state index >= 15 is 0 Å². The van der Waals surface area contributed by atoms with Gasteiger partial charge in [0, 0.05) is 17.8 Å². The number of rotatable bonds is 5. The monoisotopic (exact) mass is 340 g/mol. The summed E-state index contributed by atoms with van der Waals surface area (Å²) in [7, 11) is 0. The highest BCUT2D eigenvalue weighted by atomic mass is 32.1.